The van der Waals surface area contributed by atoms with Crippen LogP contribution in [0, 0.1) is 0 Å². The van der Waals surface area contributed by atoms with E-state index < -0.39 is 18.2 Å². The van der Waals surface area contributed by atoms with E-state index in [0.717, 1.165) is 0 Å². The first kappa shape index (κ1) is 12.4. The number of aliphatic hydroxyl groups excluding tert-OH is 2. The monoisotopic (exact) mass is 277 g/mol. The zero-order valence-corrected chi connectivity index (χ0v) is 10.2. The first-order valence-electron chi connectivity index (χ1n) is 5.81. The Balaban J connectivity index is 2.20. The highest BCUT2D eigenvalue weighted by atomic mass is 16.3. The second-order valence-corrected chi connectivity index (χ2v) is 4.44. The summed E-state index contributed by atoms with van der Waals surface area (Å²) in [6.45, 7) is -0.538. The number of aromatic amines is 1. The Bertz CT molecular complexity index is 803. The van der Waals surface area contributed by atoms with Crippen molar-refractivity contribution in [2.24, 2.45) is 0 Å². The van der Waals surface area contributed by atoms with E-state index in [-0.39, 0.29) is 40.6 Å². The first-order valence-corrected chi connectivity index (χ1v) is 5.81. The van der Waals surface area contributed by atoms with Gasteiger partial charge in [0.05, 0.1) is 18.5 Å². The number of imidazole rings is 1. The van der Waals surface area contributed by atoms with Gasteiger partial charge in [0.2, 0.25) is 5.95 Å². The van der Waals surface area contributed by atoms with Gasteiger partial charge in [-0.3, -0.25) is 14.6 Å². The molecule has 2 heterocycles. The van der Waals surface area contributed by atoms with Crippen molar-refractivity contribution < 1.29 is 15.0 Å². The highest BCUT2D eigenvalue weighted by Crippen LogP contribution is 2.32. The lowest BCUT2D eigenvalue weighted by Gasteiger charge is -2.12. The van der Waals surface area contributed by atoms with E-state index in [1.165, 1.54) is 10.9 Å². The van der Waals surface area contributed by atoms with Crippen LogP contribution in [-0.4, -0.2) is 42.1 Å². The fourth-order valence-corrected chi connectivity index (χ4v) is 2.31. The molecule has 9 nitrogen and oxygen atoms in total. The SMILES string of the molecule is Nc1nc2c(ncn2[C@H]2CC(=O)C(CO)=C2O)c(=O)[nH]1. The van der Waals surface area contributed by atoms with Crippen LogP contribution in [0.5, 0.6) is 0 Å². The van der Waals surface area contributed by atoms with Gasteiger partial charge in [-0.05, 0) is 0 Å². The van der Waals surface area contributed by atoms with Gasteiger partial charge in [-0.1, -0.05) is 0 Å². The van der Waals surface area contributed by atoms with Gasteiger partial charge in [0, 0.05) is 6.42 Å². The third-order valence-electron chi connectivity index (χ3n) is 3.28. The second-order valence-electron chi connectivity index (χ2n) is 4.44. The average molecular weight is 277 g/mol. The predicted octanol–water partition coefficient (Wildman–Crippen LogP) is -0.980. The Labute approximate surface area is 111 Å². The molecule has 0 spiro atoms. The molecule has 20 heavy (non-hydrogen) atoms. The molecule has 1 aliphatic carbocycles. The average Bonchev–Trinajstić information content (AvgIpc) is 2.91. The van der Waals surface area contributed by atoms with Crippen LogP contribution < -0.4 is 11.3 Å². The number of nitrogen functional groups attached to an aromatic ring is 1. The van der Waals surface area contributed by atoms with Gasteiger partial charge < -0.3 is 20.5 Å². The number of anilines is 1. The smallest absolute Gasteiger partial charge is 0.280 e. The van der Waals surface area contributed by atoms with Crippen LogP contribution in [-0.2, 0) is 4.79 Å². The summed E-state index contributed by atoms with van der Waals surface area (Å²) in [5.74, 6) is -0.674. The lowest BCUT2D eigenvalue weighted by Crippen LogP contribution is -2.14. The van der Waals surface area contributed by atoms with Crippen molar-refractivity contribution in [3.63, 3.8) is 0 Å². The number of rotatable bonds is 2. The lowest BCUT2D eigenvalue weighted by molar-refractivity contribution is -0.115. The van der Waals surface area contributed by atoms with E-state index in [2.05, 4.69) is 15.0 Å². The first-order chi connectivity index (χ1) is 9.52. The standard InChI is InChI=1S/C11H11N5O4/c12-11-14-9-7(10(20)15-11)13-3-16(9)5-1-6(18)4(2-17)8(5)19/h3,5,17,19H,1-2H2,(H3,12,14,15,20)/t5-/m0/s1. The van der Waals surface area contributed by atoms with E-state index in [4.69, 9.17) is 10.8 Å². The van der Waals surface area contributed by atoms with E-state index in [9.17, 15) is 14.7 Å². The summed E-state index contributed by atoms with van der Waals surface area (Å²) in [6, 6.07) is -0.733. The minimum atomic E-state index is -0.733. The van der Waals surface area contributed by atoms with Crippen LogP contribution in [0.15, 0.2) is 22.5 Å². The van der Waals surface area contributed by atoms with Crippen LogP contribution in [0.1, 0.15) is 12.5 Å². The normalized spacial score (nSPS) is 19.2. The molecule has 2 aromatic heterocycles. The maximum Gasteiger partial charge on any atom is 0.280 e. The molecule has 0 amide bonds. The van der Waals surface area contributed by atoms with Gasteiger partial charge in [-0.2, -0.15) is 4.98 Å². The molecular weight excluding hydrogens is 266 g/mol. The number of Topliss-reactive ketones (excluding diaryl/α,β-unsaturated/α-hetero) is 1. The summed E-state index contributed by atoms with van der Waals surface area (Å²) in [5, 5.41) is 19.1. The molecule has 104 valence electrons. The maximum absolute atomic E-state index is 11.7. The molecule has 0 bridgehead atoms. The highest BCUT2D eigenvalue weighted by Gasteiger charge is 2.34. The van der Waals surface area contributed by atoms with Crippen LogP contribution in [0.3, 0.4) is 0 Å². The third kappa shape index (κ3) is 1.60. The number of aromatic nitrogens is 4. The molecule has 0 unspecified atom stereocenters. The number of hydrogen-bond acceptors (Lipinski definition) is 7. The topological polar surface area (TPSA) is 147 Å². The molecule has 1 atom stereocenters. The summed E-state index contributed by atoms with van der Waals surface area (Å²) in [4.78, 5) is 33.5. The Kier molecular flexibility index (Phi) is 2.57. The Morgan fingerprint density at radius 1 is 1.50 bits per heavy atom. The summed E-state index contributed by atoms with van der Waals surface area (Å²) in [5.41, 5.74) is 5.19. The zero-order valence-electron chi connectivity index (χ0n) is 10.2. The molecule has 1 aliphatic rings. The predicted molar refractivity (Wildman–Crippen MR) is 68.0 cm³/mol. The van der Waals surface area contributed by atoms with Crippen molar-refractivity contribution >= 4 is 22.9 Å². The third-order valence-corrected chi connectivity index (χ3v) is 3.28. The molecule has 3 rings (SSSR count). The quantitative estimate of drug-likeness (QED) is 0.551. The Morgan fingerprint density at radius 2 is 2.25 bits per heavy atom. The highest BCUT2D eigenvalue weighted by molar-refractivity contribution is 5.99. The van der Waals surface area contributed by atoms with Crippen molar-refractivity contribution in [1.29, 1.82) is 0 Å². The van der Waals surface area contributed by atoms with E-state index in [0.29, 0.717) is 0 Å². The van der Waals surface area contributed by atoms with Crippen molar-refractivity contribution in [3.8, 4) is 0 Å². The Morgan fingerprint density at radius 3 is 2.90 bits per heavy atom. The van der Waals surface area contributed by atoms with Crippen LogP contribution in [0.4, 0.5) is 5.95 Å². The summed E-state index contributed by atoms with van der Waals surface area (Å²) in [6.07, 6.45) is 1.28. The number of carbonyl (C=O) groups excluding carboxylic acids is 1. The second kappa shape index (κ2) is 4.17. The van der Waals surface area contributed by atoms with Crippen molar-refractivity contribution in [2.45, 2.75) is 12.5 Å². The summed E-state index contributed by atoms with van der Waals surface area (Å²) < 4.78 is 1.40. The summed E-state index contributed by atoms with van der Waals surface area (Å²) in [7, 11) is 0. The van der Waals surface area contributed by atoms with Crippen LogP contribution >= 0.6 is 0 Å². The van der Waals surface area contributed by atoms with E-state index in [1.807, 2.05) is 0 Å². The number of carbonyl (C=O) groups is 1. The fraction of sp³-hybridized carbons (Fsp3) is 0.273. The molecule has 0 fully saturated rings. The number of H-pyrrole nitrogens is 1. The fourth-order valence-electron chi connectivity index (χ4n) is 2.31. The molecule has 9 heteroatoms. The number of nitrogens with one attached hydrogen (secondary N) is 1. The van der Waals surface area contributed by atoms with Gasteiger partial charge >= 0.3 is 0 Å². The Hall–Kier alpha value is -2.68. The number of hydrogen-bond donors (Lipinski definition) is 4. The van der Waals surface area contributed by atoms with Crippen molar-refractivity contribution in [1.82, 2.24) is 19.5 Å². The van der Waals surface area contributed by atoms with Gasteiger partial charge in [0.1, 0.15) is 11.8 Å². The minimum Gasteiger partial charge on any atom is -0.510 e. The van der Waals surface area contributed by atoms with Gasteiger partial charge in [-0.15, -0.1) is 0 Å². The largest absolute Gasteiger partial charge is 0.510 e. The number of aliphatic hydroxyl groups is 2. The number of nitrogens with two attached hydrogens (primary N) is 1. The van der Waals surface area contributed by atoms with E-state index >= 15 is 0 Å². The molecule has 0 radical (unpaired) electrons. The molecule has 0 saturated heterocycles. The molecule has 0 saturated carbocycles. The van der Waals surface area contributed by atoms with Gasteiger partial charge in [0.25, 0.3) is 5.56 Å². The summed E-state index contributed by atoms with van der Waals surface area (Å²) >= 11 is 0. The molecule has 0 aromatic carbocycles. The van der Waals surface area contributed by atoms with Crippen LogP contribution in [0.2, 0.25) is 0 Å². The lowest BCUT2D eigenvalue weighted by atomic mass is 10.2. The molecule has 5 N–H and O–H groups in total. The van der Waals surface area contributed by atoms with Crippen LogP contribution in [0.25, 0.3) is 11.2 Å². The number of ketones is 1. The minimum absolute atomic E-state index is 0.0262. The molecular formula is C11H11N5O4. The molecule has 0 aliphatic heterocycles. The van der Waals surface area contributed by atoms with Crippen molar-refractivity contribution in [3.05, 3.63) is 28.0 Å². The zero-order chi connectivity index (χ0) is 14.4. The maximum atomic E-state index is 11.7. The number of nitrogens with zero attached hydrogens (tertiary/aromatic N) is 3. The molecule has 2 aromatic rings. The number of fused-ring (bicyclic) bond motifs is 1. The van der Waals surface area contributed by atoms with Crippen molar-refractivity contribution in [2.75, 3.05) is 12.3 Å². The van der Waals surface area contributed by atoms with Gasteiger partial charge in [-0.25, -0.2) is 4.98 Å². The van der Waals surface area contributed by atoms with E-state index in [1.54, 1.807) is 0 Å². The van der Waals surface area contributed by atoms with Gasteiger partial charge in [0.15, 0.2) is 16.9 Å². The number of allylic oxidation sites excluding steroid dienone is 1.